The Hall–Kier alpha value is -0.900. The minimum absolute atomic E-state index is 0.682. The second kappa shape index (κ2) is 7.04. The Morgan fingerprint density at radius 1 is 1.26 bits per heavy atom. The van der Waals surface area contributed by atoms with Crippen molar-refractivity contribution in [2.45, 2.75) is 26.8 Å². The smallest absolute Gasteiger partial charge is 0.0971 e. The molecule has 0 saturated heterocycles. The van der Waals surface area contributed by atoms with Crippen LogP contribution in [0.25, 0.3) is 0 Å². The maximum Gasteiger partial charge on any atom is 0.0971 e. The van der Waals surface area contributed by atoms with Crippen LogP contribution in [0.4, 0.5) is 0 Å². The summed E-state index contributed by atoms with van der Waals surface area (Å²) >= 11 is 7.66. The Bertz CT molecular complexity index is 505. The summed E-state index contributed by atoms with van der Waals surface area (Å²) in [5, 5.41) is 5.37. The molecule has 4 heteroatoms. The molecule has 1 heterocycles. The van der Waals surface area contributed by atoms with Gasteiger partial charge in [-0.3, -0.25) is 0 Å². The van der Waals surface area contributed by atoms with E-state index in [1.807, 2.05) is 18.3 Å². The SMILES string of the molecule is CC(C)CNCc1cnc(Cc2ccc(Cl)cc2)s1. The first-order valence-corrected chi connectivity index (χ1v) is 7.71. The third kappa shape index (κ3) is 4.94. The third-order valence-electron chi connectivity index (χ3n) is 2.72. The number of thiazole rings is 1. The number of aromatic nitrogens is 1. The van der Waals surface area contributed by atoms with Crippen LogP contribution in [0.1, 0.15) is 29.3 Å². The zero-order valence-electron chi connectivity index (χ0n) is 11.3. The lowest BCUT2D eigenvalue weighted by Crippen LogP contribution is -2.18. The van der Waals surface area contributed by atoms with E-state index in [0.29, 0.717) is 5.92 Å². The van der Waals surface area contributed by atoms with Gasteiger partial charge in [0.05, 0.1) is 5.01 Å². The number of halogens is 1. The van der Waals surface area contributed by atoms with E-state index in [1.165, 1.54) is 10.4 Å². The van der Waals surface area contributed by atoms with E-state index in [1.54, 1.807) is 11.3 Å². The van der Waals surface area contributed by atoms with Gasteiger partial charge in [0.1, 0.15) is 0 Å². The molecule has 0 bridgehead atoms. The van der Waals surface area contributed by atoms with Crippen molar-refractivity contribution in [3.8, 4) is 0 Å². The van der Waals surface area contributed by atoms with Gasteiger partial charge in [0.25, 0.3) is 0 Å². The Kier molecular flexibility index (Phi) is 5.37. The van der Waals surface area contributed by atoms with Crippen LogP contribution in [-0.2, 0) is 13.0 Å². The third-order valence-corrected chi connectivity index (χ3v) is 3.97. The highest BCUT2D eigenvalue weighted by molar-refractivity contribution is 7.11. The summed E-state index contributed by atoms with van der Waals surface area (Å²) in [6, 6.07) is 7.96. The van der Waals surface area contributed by atoms with Crippen molar-refractivity contribution in [1.82, 2.24) is 10.3 Å². The fourth-order valence-electron chi connectivity index (χ4n) is 1.77. The molecule has 0 saturated carbocycles. The van der Waals surface area contributed by atoms with Crippen LogP contribution in [0.15, 0.2) is 30.5 Å². The van der Waals surface area contributed by atoms with Gasteiger partial charge in [0, 0.05) is 29.1 Å². The van der Waals surface area contributed by atoms with Crippen molar-refractivity contribution in [2.24, 2.45) is 5.92 Å². The van der Waals surface area contributed by atoms with Gasteiger partial charge in [-0.1, -0.05) is 37.6 Å². The summed E-state index contributed by atoms with van der Waals surface area (Å²) < 4.78 is 0. The molecule has 1 aromatic heterocycles. The number of nitrogens with one attached hydrogen (secondary N) is 1. The van der Waals surface area contributed by atoms with Crippen LogP contribution in [0.5, 0.6) is 0 Å². The van der Waals surface area contributed by atoms with Gasteiger partial charge in [-0.25, -0.2) is 4.98 Å². The Morgan fingerprint density at radius 2 is 2.00 bits per heavy atom. The van der Waals surface area contributed by atoms with Gasteiger partial charge in [0.2, 0.25) is 0 Å². The second-order valence-electron chi connectivity index (χ2n) is 5.05. The van der Waals surface area contributed by atoms with E-state index in [9.17, 15) is 0 Å². The molecule has 2 aromatic rings. The van der Waals surface area contributed by atoms with Crippen LogP contribution in [-0.4, -0.2) is 11.5 Å². The van der Waals surface area contributed by atoms with E-state index >= 15 is 0 Å². The molecule has 0 aliphatic heterocycles. The number of rotatable bonds is 6. The minimum Gasteiger partial charge on any atom is -0.312 e. The zero-order chi connectivity index (χ0) is 13.7. The van der Waals surface area contributed by atoms with Gasteiger partial charge >= 0.3 is 0 Å². The normalized spacial score (nSPS) is 11.2. The molecule has 0 aliphatic rings. The first kappa shape index (κ1) is 14.5. The molecule has 0 radical (unpaired) electrons. The summed E-state index contributed by atoms with van der Waals surface area (Å²) in [5.74, 6) is 0.682. The molecule has 1 N–H and O–H groups in total. The Labute approximate surface area is 123 Å². The van der Waals surface area contributed by atoms with E-state index < -0.39 is 0 Å². The molecular formula is C15H19ClN2S. The molecule has 0 aliphatic carbocycles. The van der Waals surface area contributed by atoms with Crippen LogP contribution < -0.4 is 5.32 Å². The fourth-order valence-corrected chi connectivity index (χ4v) is 2.82. The average molecular weight is 295 g/mol. The molecule has 19 heavy (non-hydrogen) atoms. The first-order chi connectivity index (χ1) is 9.13. The van der Waals surface area contributed by atoms with Gasteiger partial charge in [-0.15, -0.1) is 11.3 Å². The molecule has 0 atom stereocenters. The average Bonchev–Trinajstić information content (AvgIpc) is 2.79. The van der Waals surface area contributed by atoms with Crippen molar-refractivity contribution in [3.63, 3.8) is 0 Å². The van der Waals surface area contributed by atoms with E-state index in [4.69, 9.17) is 11.6 Å². The first-order valence-electron chi connectivity index (χ1n) is 6.52. The molecule has 1 aromatic carbocycles. The second-order valence-corrected chi connectivity index (χ2v) is 6.68. The maximum atomic E-state index is 5.88. The summed E-state index contributed by atoms with van der Waals surface area (Å²) in [6.45, 7) is 6.39. The van der Waals surface area contributed by atoms with Gasteiger partial charge in [-0.05, 0) is 30.2 Å². The largest absolute Gasteiger partial charge is 0.312 e. The lowest BCUT2D eigenvalue weighted by molar-refractivity contribution is 0.554. The topological polar surface area (TPSA) is 24.9 Å². The van der Waals surface area contributed by atoms with Crippen molar-refractivity contribution in [1.29, 1.82) is 0 Å². The van der Waals surface area contributed by atoms with Crippen molar-refractivity contribution in [3.05, 3.63) is 50.9 Å². The molecule has 0 fully saturated rings. The van der Waals surface area contributed by atoms with E-state index in [2.05, 4.69) is 36.3 Å². The molecular weight excluding hydrogens is 276 g/mol. The van der Waals surface area contributed by atoms with Gasteiger partial charge in [0.15, 0.2) is 0 Å². The molecule has 0 amide bonds. The fraction of sp³-hybridized carbons (Fsp3) is 0.400. The van der Waals surface area contributed by atoms with Crippen molar-refractivity contribution < 1.29 is 0 Å². The minimum atomic E-state index is 0.682. The molecule has 2 rings (SSSR count). The molecule has 102 valence electrons. The quantitative estimate of drug-likeness (QED) is 0.866. The standard InChI is InChI=1S/C15H19ClN2S/c1-11(2)8-17-9-14-10-18-15(19-14)7-12-3-5-13(16)6-4-12/h3-6,10-11,17H,7-9H2,1-2H3. The van der Waals surface area contributed by atoms with Crippen LogP contribution >= 0.6 is 22.9 Å². The van der Waals surface area contributed by atoms with Gasteiger partial charge < -0.3 is 5.32 Å². The summed E-state index contributed by atoms with van der Waals surface area (Å²) in [5.41, 5.74) is 1.25. The van der Waals surface area contributed by atoms with E-state index in [-0.39, 0.29) is 0 Å². The molecule has 0 unspecified atom stereocenters. The van der Waals surface area contributed by atoms with Crippen LogP contribution in [0.2, 0.25) is 5.02 Å². The Morgan fingerprint density at radius 3 is 2.68 bits per heavy atom. The predicted molar refractivity (Wildman–Crippen MR) is 82.9 cm³/mol. The van der Waals surface area contributed by atoms with Crippen LogP contribution in [0.3, 0.4) is 0 Å². The molecule has 2 nitrogen and oxygen atoms in total. The highest BCUT2D eigenvalue weighted by Crippen LogP contribution is 2.18. The summed E-state index contributed by atoms with van der Waals surface area (Å²) in [7, 11) is 0. The van der Waals surface area contributed by atoms with E-state index in [0.717, 1.165) is 29.5 Å². The summed E-state index contributed by atoms with van der Waals surface area (Å²) in [6.07, 6.45) is 2.86. The van der Waals surface area contributed by atoms with Crippen molar-refractivity contribution in [2.75, 3.05) is 6.54 Å². The number of nitrogens with zero attached hydrogens (tertiary/aromatic N) is 1. The lowest BCUT2D eigenvalue weighted by Gasteiger charge is -2.04. The highest BCUT2D eigenvalue weighted by atomic mass is 35.5. The monoisotopic (exact) mass is 294 g/mol. The van der Waals surface area contributed by atoms with Gasteiger partial charge in [-0.2, -0.15) is 0 Å². The predicted octanol–water partition coefficient (Wildman–Crippen LogP) is 4.13. The maximum absolute atomic E-state index is 5.88. The van der Waals surface area contributed by atoms with Crippen molar-refractivity contribution >= 4 is 22.9 Å². The zero-order valence-corrected chi connectivity index (χ0v) is 12.9. The summed E-state index contributed by atoms with van der Waals surface area (Å²) in [4.78, 5) is 5.77. The molecule has 0 spiro atoms. The number of benzene rings is 1. The number of hydrogen-bond acceptors (Lipinski definition) is 3. The van der Waals surface area contributed by atoms with Crippen LogP contribution in [0, 0.1) is 5.92 Å². The Balaban J connectivity index is 1.88. The lowest BCUT2D eigenvalue weighted by atomic mass is 10.2. The highest BCUT2D eigenvalue weighted by Gasteiger charge is 2.04. The number of hydrogen-bond donors (Lipinski definition) is 1.